The summed E-state index contributed by atoms with van der Waals surface area (Å²) >= 11 is 5.48. The van der Waals surface area contributed by atoms with Crippen molar-refractivity contribution in [1.82, 2.24) is 0 Å². The van der Waals surface area contributed by atoms with Crippen molar-refractivity contribution >= 4 is 35.3 Å². The molecule has 136 valence electrons. The van der Waals surface area contributed by atoms with Crippen molar-refractivity contribution in [2.45, 2.75) is 33.4 Å². The van der Waals surface area contributed by atoms with Gasteiger partial charge in [0.05, 0.1) is 13.2 Å². The van der Waals surface area contributed by atoms with Crippen LogP contribution in [0.25, 0.3) is 0 Å². The van der Waals surface area contributed by atoms with E-state index in [2.05, 4.69) is 48.5 Å². The van der Waals surface area contributed by atoms with E-state index in [1.165, 1.54) is 19.6 Å². The highest BCUT2D eigenvalue weighted by atomic mass is 32.2. The average molecular weight is 395 g/mol. The molecule has 2 aromatic carbocycles. The second kappa shape index (κ2) is 12.7. The molecule has 0 saturated heterocycles. The summed E-state index contributed by atoms with van der Waals surface area (Å²) in [7, 11) is 0. The predicted molar refractivity (Wildman–Crippen MR) is 111 cm³/mol. The second-order valence-corrected chi connectivity index (χ2v) is 8.62. The van der Waals surface area contributed by atoms with Gasteiger partial charge in [0.1, 0.15) is 0 Å². The largest absolute Gasteiger partial charge is 0.381 e. The first-order valence-electron chi connectivity index (χ1n) is 8.61. The average Bonchev–Trinajstić information content (AvgIpc) is 2.65. The van der Waals surface area contributed by atoms with E-state index in [9.17, 15) is 0 Å². The number of ether oxygens (including phenoxy) is 2. The van der Waals surface area contributed by atoms with Gasteiger partial charge in [0.2, 0.25) is 0 Å². The van der Waals surface area contributed by atoms with Crippen LogP contribution in [0.1, 0.15) is 13.8 Å². The standard InChI is InChI=1S/C20H26O2S3/c1-3-21-13-15-23-17-5-9-19(10-6-17)25-20-11-7-18(8-12-20)24-16-14-22-4-2/h5-12H,3-4,13-16H2,1-2H3. The highest BCUT2D eigenvalue weighted by Gasteiger charge is 2.00. The highest BCUT2D eigenvalue weighted by Crippen LogP contribution is 2.31. The van der Waals surface area contributed by atoms with Gasteiger partial charge in [0.25, 0.3) is 0 Å². The third-order valence-corrected chi connectivity index (χ3v) is 6.25. The van der Waals surface area contributed by atoms with E-state index in [1.54, 1.807) is 11.8 Å². The normalized spacial score (nSPS) is 11.0. The molecule has 0 aliphatic carbocycles. The third-order valence-electron chi connectivity index (χ3n) is 3.28. The lowest BCUT2D eigenvalue weighted by Crippen LogP contribution is -1.95. The third kappa shape index (κ3) is 8.56. The molecule has 0 radical (unpaired) electrons. The van der Waals surface area contributed by atoms with Gasteiger partial charge in [-0.25, -0.2) is 0 Å². The molecule has 0 fully saturated rings. The highest BCUT2D eigenvalue weighted by molar-refractivity contribution is 8.00. The van der Waals surface area contributed by atoms with Crippen molar-refractivity contribution < 1.29 is 9.47 Å². The smallest absolute Gasteiger partial charge is 0.0560 e. The summed E-state index contributed by atoms with van der Waals surface area (Å²) in [5.41, 5.74) is 0. The van der Waals surface area contributed by atoms with Crippen LogP contribution >= 0.6 is 35.3 Å². The molecule has 0 heterocycles. The molecule has 2 aromatic rings. The molecule has 0 aromatic heterocycles. The molecule has 0 aliphatic rings. The van der Waals surface area contributed by atoms with Gasteiger partial charge in [-0.05, 0) is 62.4 Å². The molecule has 0 bridgehead atoms. The molecule has 5 heteroatoms. The predicted octanol–water partition coefficient (Wildman–Crippen LogP) is 6.10. The van der Waals surface area contributed by atoms with Crippen LogP contribution < -0.4 is 0 Å². The number of hydrogen-bond donors (Lipinski definition) is 0. The Morgan fingerprint density at radius 2 is 0.960 bits per heavy atom. The Labute approximate surface area is 164 Å². The monoisotopic (exact) mass is 394 g/mol. The number of rotatable bonds is 12. The molecular formula is C20H26O2S3. The van der Waals surface area contributed by atoms with Crippen LogP contribution in [0.5, 0.6) is 0 Å². The fourth-order valence-corrected chi connectivity index (χ4v) is 4.42. The summed E-state index contributed by atoms with van der Waals surface area (Å²) in [5, 5.41) is 0. The van der Waals surface area contributed by atoms with Gasteiger partial charge in [0.15, 0.2) is 0 Å². The van der Waals surface area contributed by atoms with Crippen molar-refractivity contribution in [3.05, 3.63) is 48.5 Å². The Morgan fingerprint density at radius 1 is 0.600 bits per heavy atom. The summed E-state index contributed by atoms with van der Waals surface area (Å²) in [5.74, 6) is 2.01. The van der Waals surface area contributed by atoms with Crippen molar-refractivity contribution in [2.75, 3.05) is 37.9 Å². The zero-order chi connectivity index (χ0) is 17.7. The zero-order valence-electron chi connectivity index (χ0n) is 14.9. The maximum absolute atomic E-state index is 5.37. The molecule has 0 saturated carbocycles. The first-order chi connectivity index (χ1) is 12.3. The quantitative estimate of drug-likeness (QED) is 0.319. The van der Waals surface area contributed by atoms with Crippen LogP contribution in [-0.2, 0) is 9.47 Å². The van der Waals surface area contributed by atoms with Crippen molar-refractivity contribution in [3.8, 4) is 0 Å². The first kappa shape index (κ1) is 20.7. The maximum atomic E-state index is 5.37. The molecule has 0 aliphatic heterocycles. The summed E-state index contributed by atoms with van der Waals surface area (Å²) in [4.78, 5) is 5.13. The molecule has 0 N–H and O–H groups in total. The van der Waals surface area contributed by atoms with Gasteiger partial charge < -0.3 is 9.47 Å². The second-order valence-electron chi connectivity index (χ2n) is 5.14. The molecule has 25 heavy (non-hydrogen) atoms. The summed E-state index contributed by atoms with van der Waals surface area (Å²) in [6, 6.07) is 17.5. The summed E-state index contributed by atoms with van der Waals surface area (Å²) in [6.07, 6.45) is 0. The summed E-state index contributed by atoms with van der Waals surface area (Å²) < 4.78 is 10.7. The lowest BCUT2D eigenvalue weighted by atomic mass is 10.4. The Kier molecular flexibility index (Phi) is 10.5. The first-order valence-corrected chi connectivity index (χ1v) is 11.4. The van der Waals surface area contributed by atoms with Gasteiger partial charge in [-0.3, -0.25) is 0 Å². The number of hydrogen-bond acceptors (Lipinski definition) is 5. The van der Waals surface area contributed by atoms with Crippen LogP contribution in [0.4, 0.5) is 0 Å². The van der Waals surface area contributed by atoms with E-state index in [4.69, 9.17) is 9.47 Å². The minimum Gasteiger partial charge on any atom is -0.381 e. The Morgan fingerprint density at radius 3 is 1.32 bits per heavy atom. The van der Waals surface area contributed by atoms with Gasteiger partial charge >= 0.3 is 0 Å². The van der Waals surface area contributed by atoms with Crippen molar-refractivity contribution in [1.29, 1.82) is 0 Å². The van der Waals surface area contributed by atoms with E-state index in [1.807, 2.05) is 37.4 Å². The summed E-state index contributed by atoms with van der Waals surface area (Å²) in [6.45, 7) is 7.27. The van der Waals surface area contributed by atoms with Crippen molar-refractivity contribution in [2.24, 2.45) is 0 Å². The van der Waals surface area contributed by atoms with E-state index >= 15 is 0 Å². The SMILES string of the molecule is CCOCCSc1ccc(Sc2ccc(SCCOCC)cc2)cc1. The zero-order valence-corrected chi connectivity index (χ0v) is 17.4. The molecule has 0 spiro atoms. The van der Waals surface area contributed by atoms with Crippen LogP contribution in [0.3, 0.4) is 0 Å². The number of benzene rings is 2. The van der Waals surface area contributed by atoms with E-state index in [0.29, 0.717) is 0 Å². The van der Waals surface area contributed by atoms with Crippen LogP contribution in [0, 0.1) is 0 Å². The fraction of sp³-hybridized carbons (Fsp3) is 0.400. The van der Waals surface area contributed by atoms with E-state index < -0.39 is 0 Å². The molecule has 0 unspecified atom stereocenters. The van der Waals surface area contributed by atoms with Crippen LogP contribution in [-0.4, -0.2) is 37.9 Å². The van der Waals surface area contributed by atoms with Crippen LogP contribution in [0.15, 0.2) is 68.1 Å². The van der Waals surface area contributed by atoms with E-state index in [-0.39, 0.29) is 0 Å². The molecular weight excluding hydrogens is 368 g/mol. The van der Waals surface area contributed by atoms with Gasteiger partial charge in [0, 0.05) is 44.3 Å². The Balaban J connectivity index is 1.77. The van der Waals surface area contributed by atoms with Gasteiger partial charge in [-0.1, -0.05) is 11.8 Å². The molecule has 2 nitrogen and oxygen atoms in total. The van der Waals surface area contributed by atoms with Gasteiger partial charge in [-0.2, -0.15) is 0 Å². The lowest BCUT2D eigenvalue weighted by molar-refractivity contribution is 0.164. The molecule has 2 rings (SSSR count). The lowest BCUT2D eigenvalue weighted by Gasteiger charge is -2.06. The Hall–Kier alpha value is -0.590. The fourth-order valence-electron chi connectivity index (χ4n) is 2.07. The molecule has 0 amide bonds. The minimum absolute atomic E-state index is 0.792. The molecule has 0 atom stereocenters. The number of thioether (sulfide) groups is 2. The van der Waals surface area contributed by atoms with E-state index in [0.717, 1.165) is 37.9 Å². The Bertz CT molecular complexity index is 531. The van der Waals surface area contributed by atoms with Crippen LogP contribution in [0.2, 0.25) is 0 Å². The maximum Gasteiger partial charge on any atom is 0.0560 e. The van der Waals surface area contributed by atoms with Crippen molar-refractivity contribution in [3.63, 3.8) is 0 Å². The topological polar surface area (TPSA) is 18.5 Å². The minimum atomic E-state index is 0.792. The van der Waals surface area contributed by atoms with Gasteiger partial charge in [-0.15, -0.1) is 23.5 Å².